The van der Waals surface area contributed by atoms with Crippen LogP contribution in [0.5, 0.6) is 0 Å². The van der Waals surface area contributed by atoms with E-state index < -0.39 is 10.0 Å². The molecule has 0 spiro atoms. The first kappa shape index (κ1) is 10.4. The molecule has 0 aromatic carbocycles. The Kier molecular flexibility index (Phi) is 4.06. The Labute approximate surface area is 66.2 Å². The fourth-order valence-corrected chi connectivity index (χ4v) is 1.10. The zero-order valence-corrected chi connectivity index (χ0v) is 7.17. The zero-order valence-electron chi connectivity index (χ0n) is 6.36. The highest BCUT2D eigenvalue weighted by Gasteiger charge is 2.02. The molecule has 2 N–H and O–H groups in total. The van der Waals surface area contributed by atoms with Crippen molar-refractivity contribution in [1.29, 1.82) is 0 Å². The molecule has 0 saturated heterocycles. The number of primary sulfonamides is 1. The standard InChI is InChI=1S/C5H12N2O3S/c1-7(5-8)3-2-4-11(6,9)10/h5H,2-4H2,1H3,(H2,6,9,10). The van der Waals surface area contributed by atoms with Gasteiger partial charge in [-0.3, -0.25) is 4.79 Å². The van der Waals surface area contributed by atoms with Gasteiger partial charge in [0.25, 0.3) is 0 Å². The number of carbonyl (C=O) groups is 1. The monoisotopic (exact) mass is 180 g/mol. The van der Waals surface area contributed by atoms with Crippen LogP contribution in [0.25, 0.3) is 0 Å². The van der Waals surface area contributed by atoms with E-state index in [9.17, 15) is 13.2 Å². The topological polar surface area (TPSA) is 80.5 Å². The fourth-order valence-electron chi connectivity index (χ4n) is 0.568. The second-order valence-electron chi connectivity index (χ2n) is 2.31. The van der Waals surface area contributed by atoms with Crippen LogP contribution in [0.4, 0.5) is 0 Å². The molecule has 0 saturated carbocycles. The maximum absolute atomic E-state index is 10.4. The van der Waals surface area contributed by atoms with Crippen molar-refractivity contribution in [3.05, 3.63) is 0 Å². The molecular formula is C5H12N2O3S. The van der Waals surface area contributed by atoms with E-state index in [4.69, 9.17) is 5.14 Å². The Balaban J connectivity index is 3.51. The van der Waals surface area contributed by atoms with Gasteiger partial charge in [-0.05, 0) is 6.42 Å². The lowest BCUT2D eigenvalue weighted by atomic mass is 10.5. The maximum atomic E-state index is 10.4. The molecule has 0 radical (unpaired) electrons. The van der Waals surface area contributed by atoms with E-state index in [0.717, 1.165) is 0 Å². The van der Waals surface area contributed by atoms with Crippen molar-refractivity contribution in [3.8, 4) is 0 Å². The summed E-state index contributed by atoms with van der Waals surface area (Å²) in [5, 5.41) is 4.73. The number of hydrogen-bond donors (Lipinski definition) is 1. The molecule has 0 aliphatic heterocycles. The summed E-state index contributed by atoms with van der Waals surface area (Å²) in [6.45, 7) is 0.417. The zero-order chi connectivity index (χ0) is 8.91. The third-order valence-electron chi connectivity index (χ3n) is 1.12. The number of sulfonamides is 1. The lowest BCUT2D eigenvalue weighted by Crippen LogP contribution is -2.23. The molecule has 0 heterocycles. The number of nitrogens with two attached hydrogens (primary N) is 1. The maximum Gasteiger partial charge on any atom is 0.209 e. The molecular weight excluding hydrogens is 168 g/mol. The largest absolute Gasteiger partial charge is 0.348 e. The van der Waals surface area contributed by atoms with Crippen molar-refractivity contribution in [2.75, 3.05) is 19.3 Å². The van der Waals surface area contributed by atoms with Gasteiger partial charge in [0.2, 0.25) is 16.4 Å². The first-order valence-corrected chi connectivity index (χ1v) is 4.83. The normalized spacial score (nSPS) is 11.1. The van der Waals surface area contributed by atoms with Crippen LogP contribution in [0, 0.1) is 0 Å². The Hall–Kier alpha value is -0.620. The molecule has 5 nitrogen and oxygen atoms in total. The first-order chi connectivity index (χ1) is 4.95. The number of carbonyl (C=O) groups excluding carboxylic acids is 1. The van der Waals surface area contributed by atoms with Crippen molar-refractivity contribution in [1.82, 2.24) is 4.90 Å². The van der Waals surface area contributed by atoms with Crippen LogP contribution in [0.15, 0.2) is 0 Å². The predicted octanol–water partition coefficient (Wildman–Crippen LogP) is -1.25. The number of rotatable bonds is 5. The van der Waals surface area contributed by atoms with E-state index in [0.29, 0.717) is 19.4 Å². The number of amides is 1. The van der Waals surface area contributed by atoms with Crippen molar-refractivity contribution in [2.45, 2.75) is 6.42 Å². The molecule has 0 unspecified atom stereocenters. The third-order valence-corrected chi connectivity index (χ3v) is 1.98. The van der Waals surface area contributed by atoms with Crippen molar-refractivity contribution >= 4 is 16.4 Å². The van der Waals surface area contributed by atoms with E-state index >= 15 is 0 Å². The van der Waals surface area contributed by atoms with Gasteiger partial charge in [0.1, 0.15) is 0 Å². The van der Waals surface area contributed by atoms with Crippen LogP contribution in [-0.4, -0.2) is 39.1 Å². The minimum atomic E-state index is -3.37. The van der Waals surface area contributed by atoms with Crippen LogP contribution in [0.1, 0.15) is 6.42 Å². The molecule has 0 fully saturated rings. The van der Waals surface area contributed by atoms with Gasteiger partial charge in [-0.15, -0.1) is 0 Å². The summed E-state index contributed by atoms with van der Waals surface area (Å²) >= 11 is 0. The molecule has 0 bridgehead atoms. The van der Waals surface area contributed by atoms with E-state index in [1.165, 1.54) is 4.90 Å². The molecule has 66 valence electrons. The first-order valence-electron chi connectivity index (χ1n) is 3.12. The molecule has 0 aromatic heterocycles. The number of nitrogens with zero attached hydrogens (tertiary/aromatic N) is 1. The Bertz CT molecular complexity index is 212. The SMILES string of the molecule is CN(C=O)CCCS(N)(=O)=O. The van der Waals surface area contributed by atoms with E-state index in [1.807, 2.05) is 0 Å². The van der Waals surface area contributed by atoms with Gasteiger partial charge >= 0.3 is 0 Å². The molecule has 0 aliphatic carbocycles. The quantitative estimate of drug-likeness (QED) is 0.537. The van der Waals surface area contributed by atoms with Crippen LogP contribution >= 0.6 is 0 Å². The van der Waals surface area contributed by atoms with Crippen LogP contribution in [0.2, 0.25) is 0 Å². The lowest BCUT2D eigenvalue weighted by molar-refractivity contribution is -0.117. The van der Waals surface area contributed by atoms with Gasteiger partial charge in [0.05, 0.1) is 5.75 Å². The van der Waals surface area contributed by atoms with E-state index in [2.05, 4.69) is 0 Å². The minimum absolute atomic E-state index is 0.0782. The van der Waals surface area contributed by atoms with E-state index in [1.54, 1.807) is 7.05 Å². The summed E-state index contributed by atoms with van der Waals surface area (Å²) in [5.74, 6) is -0.0782. The fraction of sp³-hybridized carbons (Fsp3) is 0.800. The highest BCUT2D eigenvalue weighted by Crippen LogP contribution is 1.87. The summed E-state index contributed by atoms with van der Waals surface area (Å²) < 4.78 is 20.7. The average molecular weight is 180 g/mol. The van der Waals surface area contributed by atoms with Crippen molar-refractivity contribution < 1.29 is 13.2 Å². The molecule has 6 heteroatoms. The highest BCUT2D eigenvalue weighted by atomic mass is 32.2. The number of hydrogen-bond acceptors (Lipinski definition) is 3. The van der Waals surface area contributed by atoms with Crippen molar-refractivity contribution in [2.24, 2.45) is 5.14 Å². The predicted molar refractivity (Wildman–Crippen MR) is 41.3 cm³/mol. The summed E-state index contributed by atoms with van der Waals surface area (Å²) in [6, 6.07) is 0. The van der Waals surface area contributed by atoms with Gasteiger partial charge in [0, 0.05) is 13.6 Å². The molecule has 0 atom stereocenters. The van der Waals surface area contributed by atoms with E-state index in [-0.39, 0.29) is 5.75 Å². The van der Waals surface area contributed by atoms with Crippen LogP contribution in [-0.2, 0) is 14.8 Å². The lowest BCUT2D eigenvalue weighted by Gasteiger charge is -2.08. The van der Waals surface area contributed by atoms with Gasteiger partial charge in [-0.2, -0.15) is 0 Å². The van der Waals surface area contributed by atoms with Crippen molar-refractivity contribution in [3.63, 3.8) is 0 Å². The summed E-state index contributed by atoms with van der Waals surface area (Å²) in [4.78, 5) is 11.4. The second kappa shape index (κ2) is 4.30. The third kappa shape index (κ3) is 7.27. The van der Waals surface area contributed by atoms with Crippen LogP contribution in [0.3, 0.4) is 0 Å². The molecule has 0 aromatic rings. The summed E-state index contributed by atoms with van der Waals surface area (Å²) in [6.07, 6.45) is 1.03. The van der Waals surface area contributed by atoms with Gasteiger partial charge in [-0.1, -0.05) is 0 Å². The Morgan fingerprint density at radius 2 is 2.09 bits per heavy atom. The smallest absolute Gasteiger partial charge is 0.209 e. The highest BCUT2D eigenvalue weighted by molar-refractivity contribution is 7.89. The summed E-state index contributed by atoms with van der Waals surface area (Å²) in [7, 11) is -1.79. The molecule has 1 amide bonds. The van der Waals surface area contributed by atoms with Gasteiger partial charge in [0.15, 0.2) is 0 Å². The Morgan fingerprint density at radius 1 is 1.55 bits per heavy atom. The Morgan fingerprint density at radius 3 is 2.45 bits per heavy atom. The summed E-state index contributed by atoms with van der Waals surface area (Å²) in [5.41, 5.74) is 0. The molecule has 11 heavy (non-hydrogen) atoms. The van der Waals surface area contributed by atoms with Crippen LogP contribution < -0.4 is 5.14 Å². The van der Waals surface area contributed by atoms with Gasteiger partial charge in [-0.25, -0.2) is 13.6 Å². The van der Waals surface area contributed by atoms with Gasteiger partial charge < -0.3 is 4.90 Å². The molecule has 0 rings (SSSR count). The molecule has 0 aliphatic rings. The minimum Gasteiger partial charge on any atom is -0.348 e. The average Bonchev–Trinajstić information content (AvgIpc) is 1.85. The second-order valence-corrected chi connectivity index (χ2v) is 4.04.